The summed E-state index contributed by atoms with van der Waals surface area (Å²) in [6, 6.07) is 5.77. The molecule has 1 aliphatic heterocycles. The molecule has 11 N–H and O–H groups in total. The van der Waals surface area contributed by atoms with Gasteiger partial charge in [0, 0.05) is 36.2 Å². The number of aromatic hydroxyl groups is 1. The van der Waals surface area contributed by atoms with E-state index < -0.39 is 84.6 Å². The smallest absolute Gasteiger partial charge is 0.481 e. The van der Waals surface area contributed by atoms with Crippen LogP contribution in [0.25, 0.3) is 11.2 Å². The molecule has 0 saturated carbocycles. The summed E-state index contributed by atoms with van der Waals surface area (Å²) in [5.41, 5.74) is 4.51. The van der Waals surface area contributed by atoms with Crippen LogP contribution in [0.3, 0.4) is 0 Å². The number of rotatable bonds is 20. The van der Waals surface area contributed by atoms with Crippen molar-refractivity contribution < 1.29 is 85.6 Å². The number of nitrogens with two attached hydrogens (primary N) is 1. The van der Waals surface area contributed by atoms with Crippen LogP contribution in [0, 0.1) is 5.41 Å². The zero-order valence-electron chi connectivity index (χ0n) is 29.8. The van der Waals surface area contributed by atoms with E-state index in [1.165, 1.54) is 38.1 Å². The fraction of sp³-hybridized carbons (Fsp3) is 0.500. The molecule has 2 aromatic heterocycles. The Kier molecular flexibility index (Phi) is 15.5. The summed E-state index contributed by atoms with van der Waals surface area (Å²) in [5.74, 6) is -1.38. The maximum absolute atomic E-state index is 12.7. The van der Waals surface area contributed by atoms with Gasteiger partial charge in [-0.3, -0.25) is 32.5 Å². The normalized spacial score (nSPS) is 21.4. The topological polar surface area (TPSA) is 384 Å². The Bertz CT molecular complexity index is 2070. The van der Waals surface area contributed by atoms with Crippen molar-refractivity contribution >= 4 is 69.1 Å². The van der Waals surface area contributed by atoms with Gasteiger partial charge >= 0.3 is 23.5 Å². The third kappa shape index (κ3) is 13.3. The van der Waals surface area contributed by atoms with Gasteiger partial charge in [0.15, 0.2) is 17.7 Å². The number of phenolic OH excluding ortho intramolecular Hbond substituents is 1. The Morgan fingerprint density at radius 3 is 2.44 bits per heavy atom. The number of aromatic nitrogens is 4. The SMILES string of the molecule is CC(C)(COP(=O)(O)OP(=O)(O)OC[C@H]1O[C@@H](n2cnc3c(N)ncnc32)[C@H](O)[C@@H]1OP(=O)(O)O)[C@@H](O)C(=O)NCCC(=O)NCCSC(=O)c1cccc(O)c1. The highest BCUT2D eigenvalue weighted by molar-refractivity contribution is 8.14. The summed E-state index contributed by atoms with van der Waals surface area (Å²) < 4.78 is 62.1. The number of aliphatic hydroxyl groups excluding tert-OH is 2. The number of imidazole rings is 1. The zero-order chi connectivity index (χ0) is 42.3. The van der Waals surface area contributed by atoms with Crippen LogP contribution < -0.4 is 16.4 Å². The molecule has 1 saturated heterocycles. The van der Waals surface area contributed by atoms with Crippen LogP contribution in [0.4, 0.5) is 5.82 Å². The first-order valence-electron chi connectivity index (χ1n) is 16.3. The summed E-state index contributed by atoms with van der Waals surface area (Å²) >= 11 is 0.921. The van der Waals surface area contributed by atoms with Gasteiger partial charge in [0.1, 0.15) is 42.0 Å². The molecule has 7 atom stereocenters. The van der Waals surface area contributed by atoms with E-state index in [4.69, 9.17) is 19.5 Å². The number of phosphoric ester groups is 3. The molecule has 2 unspecified atom stereocenters. The number of anilines is 1. The number of amides is 2. The van der Waals surface area contributed by atoms with Gasteiger partial charge in [0.25, 0.3) is 0 Å². The van der Waals surface area contributed by atoms with E-state index in [9.17, 15) is 63.0 Å². The number of nitrogens with one attached hydrogen (secondary N) is 2. The first-order valence-corrected chi connectivity index (χ1v) is 21.8. The van der Waals surface area contributed by atoms with Gasteiger partial charge in [0.05, 0.1) is 19.5 Å². The molecule has 0 spiro atoms. The average molecular weight is 888 g/mol. The number of nitrogens with zero attached hydrogens (tertiary/aromatic N) is 4. The minimum atomic E-state index is -5.58. The Morgan fingerprint density at radius 2 is 1.75 bits per heavy atom. The number of thioether (sulfide) groups is 1. The minimum Gasteiger partial charge on any atom is -0.508 e. The van der Waals surface area contributed by atoms with E-state index >= 15 is 0 Å². The molecule has 25 nitrogen and oxygen atoms in total. The predicted octanol–water partition coefficient (Wildman–Crippen LogP) is -0.316. The highest BCUT2D eigenvalue weighted by Gasteiger charge is 2.50. The van der Waals surface area contributed by atoms with Crippen LogP contribution >= 0.6 is 35.2 Å². The number of carbonyl (C=O) groups is 3. The molecule has 29 heteroatoms. The van der Waals surface area contributed by atoms with Crippen molar-refractivity contribution in [1.29, 1.82) is 0 Å². The van der Waals surface area contributed by atoms with E-state index in [1.807, 2.05) is 0 Å². The van der Waals surface area contributed by atoms with Crippen molar-refractivity contribution in [3.63, 3.8) is 0 Å². The van der Waals surface area contributed by atoms with Crippen LogP contribution in [-0.4, -0.2) is 128 Å². The van der Waals surface area contributed by atoms with Crippen molar-refractivity contribution in [1.82, 2.24) is 30.2 Å². The molecule has 1 aliphatic rings. The largest absolute Gasteiger partial charge is 0.508 e. The highest BCUT2D eigenvalue weighted by atomic mass is 32.2. The van der Waals surface area contributed by atoms with Crippen LogP contribution in [0.15, 0.2) is 36.9 Å². The summed E-state index contributed by atoms with van der Waals surface area (Å²) in [5, 5.41) is 35.5. The fourth-order valence-electron chi connectivity index (χ4n) is 4.99. The van der Waals surface area contributed by atoms with Crippen LogP contribution in [-0.2, 0) is 45.9 Å². The number of hydrogen-bond acceptors (Lipinski definition) is 19. The second kappa shape index (κ2) is 19.1. The maximum atomic E-state index is 12.7. The van der Waals surface area contributed by atoms with E-state index in [0.717, 1.165) is 29.0 Å². The molecule has 0 bridgehead atoms. The summed E-state index contributed by atoms with van der Waals surface area (Å²) in [6.07, 6.45) is -7.03. The Labute approximate surface area is 326 Å². The van der Waals surface area contributed by atoms with Gasteiger partial charge in [-0.2, -0.15) is 4.31 Å². The number of phenols is 1. The lowest BCUT2D eigenvalue weighted by Gasteiger charge is -2.30. The number of aliphatic hydroxyl groups is 2. The molecule has 3 aromatic rings. The lowest BCUT2D eigenvalue weighted by Crippen LogP contribution is -2.46. The van der Waals surface area contributed by atoms with Crippen LogP contribution in [0.5, 0.6) is 5.75 Å². The third-order valence-corrected chi connectivity index (χ3v) is 11.8. The van der Waals surface area contributed by atoms with Gasteiger partial charge in [-0.25, -0.2) is 28.6 Å². The van der Waals surface area contributed by atoms with Crippen LogP contribution in [0.2, 0.25) is 0 Å². The van der Waals surface area contributed by atoms with Crippen molar-refractivity contribution in [2.24, 2.45) is 5.41 Å². The summed E-state index contributed by atoms with van der Waals surface area (Å²) in [4.78, 5) is 87.8. The van der Waals surface area contributed by atoms with Crippen molar-refractivity contribution in [3.8, 4) is 5.75 Å². The Balaban J connectivity index is 1.23. The first kappa shape index (κ1) is 46.3. The zero-order valence-corrected chi connectivity index (χ0v) is 33.3. The van der Waals surface area contributed by atoms with Crippen molar-refractivity contribution in [2.45, 2.75) is 50.9 Å². The van der Waals surface area contributed by atoms with Gasteiger partial charge in [-0.15, -0.1) is 0 Å². The van der Waals surface area contributed by atoms with E-state index in [-0.39, 0.29) is 53.1 Å². The van der Waals surface area contributed by atoms with E-state index in [1.54, 1.807) is 0 Å². The molecule has 57 heavy (non-hydrogen) atoms. The van der Waals surface area contributed by atoms with Gasteiger partial charge in [0.2, 0.25) is 16.9 Å². The second-order valence-electron chi connectivity index (χ2n) is 12.8. The van der Waals surface area contributed by atoms with Crippen molar-refractivity contribution in [3.05, 3.63) is 42.5 Å². The number of benzene rings is 1. The lowest BCUT2D eigenvalue weighted by molar-refractivity contribution is -0.137. The third-order valence-electron chi connectivity index (χ3n) is 7.82. The molecule has 2 amide bonds. The van der Waals surface area contributed by atoms with E-state index in [0.29, 0.717) is 5.56 Å². The predicted molar refractivity (Wildman–Crippen MR) is 195 cm³/mol. The van der Waals surface area contributed by atoms with Gasteiger partial charge in [-0.1, -0.05) is 37.7 Å². The number of phosphoric acid groups is 3. The molecule has 0 radical (unpaired) electrons. The number of nitrogen functional groups attached to an aromatic ring is 1. The fourth-order valence-corrected chi connectivity index (χ4v) is 8.50. The second-order valence-corrected chi connectivity index (χ2v) is 18.1. The van der Waals surface area contributed by atoms with Crippen molar-refractivity contribution in [2.75, 3.05) is 37.8 Å². The molecule has 1 aromatic carbocycles. The molecule has 316 valence electrons. The van der Waals surface area contributed by atoms with E-state index in [2.05, 4.69) is 34.4 Å². The quantitative estimate of drug-likeness (QED) is 0.0513. The summed E-state index contributed by atoms with van der Waals surface area (Å²) in [7, 11) is -16.4. The average Bonchev–Trinajstić information content (AvgIpc) is 3.68. The molecular weight excluding hydrogens is 847 g/mol. The monoisotopic (exact) mass is 887 g/mol. The molecule has 0 aliphatic carbocycles. The highest BCUT2D eigenvalue weighted by Crippen LogP contribution is 2.61. The molecular formula is C28H40N7O18P3S. The number of ether oxygens (including phenoxy) is 1. The number of carbonyl (C=O) groups excluding carboxylic acids is 3. The standard InChI is InChI=1S/C28H40N7O18P3S/c1-28(2,22(39)25(40)31-7-6-18(37)30-8-9-57-27(41)15-4-3-5-16(36)10-15)12-50-56(47,48)53-55(45,46)49-11-17-21(52-54(42,43)44)20(38)26(51-17)35-14-34-19-23(29)32-13-33-24(19)35/h3-5,10,13-14,17,20-22,26,36,38-39H,6-9,11-12H2,1-2H3,(H,30,37)(H,31,40)(H,45,46)(H,47,48)(H2,29,32,33)(H2,42,43,44)/t17-,20-,21-,22+,26-/m1/s1. The molecule has 4 rings (SSSR count). The maximum Gasteiger partial charge on any atom is 0.481 e. The van der Waals surface area contributed by atoms with Gasteiger partial charge in [-0.05, 0) is 12.1 Å². The molecule has 1 fully saturated rings. The number of hydrogen-bond donors (Lipinski definition) is 10. The number of fused-ring (bicyclic) bond motifs is 1. The van der Waals surface area contributed by atoms with Crippen LogP contribution in [0.1, 0.15) is 36.9 Å². The summed E-state index contributed by atoms with van der Waals surface area (Å²) in [6.45, 7) is 0.309. The Hall–Kier alpha value is -3.42. The lowest BCUT2D eigenvalue weighted by atomic mass is 9.87. The molecule has 3 heterocycles. The first-order chi connectivity index (χ1) is 26.5. The Morgan fingerprint density at radius 1 is 1.05 bits per heavy atom. The minimum absolute atomic E-state index is 0.0241. The van der Waals surface area contributed by atoms with Gasteiger partial charge < -0.3 is 56.0 Å².